The van der Waals surface area contributed by atoms with Crippen LogP contribution in [0.2, 0.25) is 0 Å². The first-order valence-corrected chi connectivity index (χ1v) is 5.78. The molecule has 0 radical (unpaired) electrons. The predicted octanol–water partition coefficient (Wildman–Crippen LogP) is 1.81. The molecule has 1 atom stereocenters. The van der Waals surface area contributed by atoms with Gasteiger partial charge in [-0.05, 0) is 30.2 Å². The minimum absolute atomic E-state index is 0.0653. The Morgan fingerprint density at radius 2 is 2.44 bits per heavy atom. The van der Waals surface area contributed by atoms with E-state index in [0.717, 1.165) is 5.56 Å². The van der Waals surface area contributed by atoms with Crippen LogP contribution in [-0.2, 0) is 4.79 Å². The van der Waals surface area contributed by atoms with Crippen LogP contribution in [0.4, 0.5) is 10.1 Å². The fraction of sp³-hybridized carbons (Fsp3) is 0.455. The van der Waals surface area contributed by atoms with Gasteiger partial charge in [0.15, 0.2) is 0 Å². The van der Waals surface area contributed by atoms with Gasteiger partial charge in [0.1, 0.15) is 0 Å². The van der Waals surface area contributed by atoms with Crippen LogP contribution in [0.15, 0.2) is 12.3 Å². The first-order chi connectivity index (χ1) is 7.61. The largest absolute Gasteiger partial charge is 0.310 e. The monoisotopic (exact) mass is 240 g/mol. The topological polar surface area (TPSA) is 33.2 Å². The van der Waals surface area contributed by atoms with E-state index < -0.39 is 5.95 Å². The lowest BCUT2D eigenvalue weighted by Gasteiger charge is -2.18. The molecule has 0 saturated carbocycles. The van der Waals surface area contributed by atoms with E-state index in [0.29, 0.717) is 24.4 Å². The highest BCUT2D eigenvalue weighted by Gasteiger charge is 2.30. The van der Waals surface area contributed by atoms with Crippen LogP contribution in [0.25, 0.3) is 0 Å². The molecule has 1 saturated heterocycles. The molecule has 5 heteroatoms. The quantitative estimate of drug-likeness (QED) is 0.632. The lowest BCUT2D eigenvalue weighted by atomic mass is 10.1. The van der Waals surface area contributed by atoms with Crippen molar-refractivity contribution in [2.45, 2.75) is 13.3 Å². The zero-order valence-corrected chi connectivity index (χ0v) is 9.88. The van der Waals surface area contributed by atoms with Crippen molar-refractivity contribution in [1.29, 1.82) is 0 Å². The maximum Gasteiger partial charge on any atom is 0.227 e. The highest BCUT2D eigenvalue weighted by atomic mass is 32.1. The van der Waals surface area contributed by atoms with E-state index in [1.807, 2.05) is 0 Å². The SMILES string of the molecule is Cc1cc(F)ncc1N1CC(CS)CC1=O. The Hall–Kier alpha value is -1.10. The van der Waals surface area contributed by atoms with Crippen molar-refractivity contribution in [2.75, 3.05) is 17.2 Å². The number of thiol groups is 1. The summed E-state index contributed by atoms with van der Waals surface area (Å²) in [5, 5.41) is 0. The zero-order valence-electron chi connectivity index (χ0n) is 8.98. The Morgan fingerprint density at radius 3 is 3.00 bits per heavy atom. The van der Waals surface area contributed by atoms with Crippen LogP contribution >= 0.6 is 12.6 Å². The number of carbonyl (C=O) groups is 1. The first kappa shape index (κ1) is 11.4. The number of pyridine rings is 1. The van der Waals surface area contributed by atoms with Gasteiger partial charge in [-0.2, -0.15) is 17.0 Å². The molecule has 1 fully saturated rings. The molecular weight excluding hydrogens is 227 g/mol. The maximum atomic E-state index is 12.8. The number of amides is 1. The highest BCUT2D eigenvalue weighted by Crippen LogP contribution is 2.27. The smallest absolute Gasteiger partial charge is 0.227 e. The third-order valence-corrected chi connectivity index (χ3v) is 3.32. The van der Waals surface area contributed by atoms with Crippen molar-refractivity contribution >= 4 is 24.2 Å². The van der Waals surface area contributed by atoms with E-state index in [4.69, 9.17) is 0 Å². The summed E-state index contributed by atoms with van der Waals surface area (Å²) in [5.74, 6) is 0.519. The predicted molar refractivity (Wildman–Crippen MR) is 63.2 cm³/mol. The zero-order chi connectivity index (χ0) is 11.7. The van der Waals surface area contributed by atoms with Gasteiger partial charge in [0.05, 0.1) is 11.9 Å². The number of hydrogen-bond acceptors (Lipinski definition) is 3. The molecule has 2 rings (SSSR count). The summed E-state index contributed by atoms with van der Waals surface area (Å²) in [7, 11) is 0. The summed E-state index contributed by atoms with van der Waals surface area (Å²) in [6.45, 7) is 2.43. The van der Waals surface area contributed by atoms with Crippen LogP contribution in [0.5, 0.6) is 0 Å². The van der Waals surface area contributed by atoms with Gasteiger partial charge in [-0.25, -0.2) is 4.98 Å². The normalized spacial score (nSPS) is 20.6. The van der Waals surface area contributed by atoms with Gasteiger partial charge in [0.25, 0.3) is 0 Å². The van der Waals surface area contributed by atoms with Gasteiger partial charge >= 0.3 is 0 Å². The molecule has 0 N–H and O–H groups in total. The van der Waals surface area contributed by atoms with Crippen LogP contribution in [-0.4, -0.2) is 23.2 Å². The minimum Gasteiger partial charge on any atom is -0.310 e. The third-order valence-electron chi connectivity index (χ3n) is 2.80. The van der Waals surface area contributed by atoms with E-state index in [2.05, 4.69) is 17.6 Å². The number of carbonyl (C=O) groups excluding carboxylic acids is 1. The molecular formula is C11H13FN2OS. The lowest BCUT2D eigenvalue weighted by molar-refractivity contribution is -0.117. The van der Waals surface area contributed by atoms with E-state index in [1.165, 1.54) is 12.3 Å². The van der Waals surface area contributed by atoms with Crippen molar-refractivity contribution in [3.8, 4) is 0 Å². The number of anilines is 1. The molecule has 0 bridgehead atoms. The molecule has 1 aromatic rings. The standard InChI is InChI=1S/C11H13FN2OS/c1-7-2-10(12)13-4-9(7)14-5-8(6-16)3-11(14)15/h2,4,8,16H,3,5-6H2,1H3. The van der Waals surface area contributed by atoms with Crippen molar-refractivity contribution in [2.24, 2.45) is 5.92 Å². The highest BCUT2D eigenvalue weighted by molar-refractivity contribution is 7.80. The van der Waals surface area contributed by atoms with Crippen molar-refractivity contribution < 1.29 is 9.18 Å². The van der Waals surface area contributed by atoms with E-state index in [-0.39, 0.29) is 11.8 Å². The lowest BCUT2D eigenvalue weighted by Crippen LogP contribution is -2.25. The second-order valence-electron chi connectivity index (χ2n) is 4.05. The molecule has 1 amide bonds. The summed E-state index contributed by atoms with van der Waals surface area (Å²) in [6.07, 6.45) is 1.93. The van der Waals surface area contributed by atoms with Crippen LogP contribution in [0.3, 0.4) is 0 Å². The maximum absolute atomic E-state index is 12.8. The number of aromatic nitrogens is 1. The van der Waals surface area contributed by atoms with Crippen LogP contribution < -0.4 is 4.90 Å². The number of aryl methyl sites for hydroxylation is 1. The average molecular weight is 240 g/mol. The number of rotatable bonds is 2. The Bertz CT molecular complexity index is 424. The van der Waals surface area contributed by atoms with Gasteiger partial charge in [-0.1, -0.05) is 0 Å². The Balaban J connectivity index is 2.28. The molecule has 0 aromatic carbocycles. The van der Waals surface area contributed by atoms with Gasteiger partial charge in [-0.3, -0.25) is 4.79 Å². The summed E-state index contributed by atoms with van der Waals surface area (Å²) in [5.41, 5.74) is 1.44. The minimum atomic E-state index is -0.515. The van der Waals surface area contributed by atoms with Crippen LogP contribution in [0.1, 0.15) is 12.0 Å². The molecule has 2 heterocycles. The van der Waals surface area contributed by atoms with Crippen molar-refractivity contribution in [1.82, 2.24) is 4.98 Å². The molecule has 0 aliphatic carbocycles. The van der Waals surface area contributed by atoms with Crippen molar-refractivity contribution in [3.63, 3.8) is 0 Å². The Morgan fingerprint density at radius 1 is 1.69 bits per heavy atom. The van der Waals surface area contributed by atoms with Gasteiger partial charge in [0, 0.05) is 13.0 Å². The van der Waals surface area contributed by atoms with E-state index in [9.17, 15) is 9.18 Å². The van der Waals surface area contributed by atoms with Gasteiger partial charge < -0.3 is 4.90 Å². The molecule has 1 aliphatic heterocycles. The fourth-order valence-corrected chi connectivity index (χ4v) is 2.18. The molecule has 1 unspecified atom stereocenters. The van der Waals surface area contributed by atoms with Crippen LogP contribution in [0, 0.1) is 18.8 Å². The first-order valence-electron chi connectivity index (χ1n) is 5.15. The van der Waals surface area contributed by atoms with Gasteiger partial charge in [0.2, 0.25) is 11.9 Å². The summed E-state index contributed by atoms with van der Waals surface area (Å²) >= 11 is 4.20. The second kappa shape index (κ2) is 4.41. The number of nitrogens with zero attached hydrogens (tertiary/aromatic N) is 2. The number of hydrogen-bond donors (Lipinski definition) is 1. The summed E-state index contributed by atoms with van der Waals surface area (Å²) in [6, 6.07) is 1.34. The van der Waals surface area contributed by atoms with E-state index >= 15 is 0 Å². The molecule has 0 spiro atoms. The Labute approximate surface area is 99.1 Å². The molecule has 86 valence electrons. The summed E-state index contributed by atoms with van der Waals surface area (Å²) < 4.78 is 12.8. The molecule has 1 aromatic heterocycles. The molecule has 1 aliphatic rings. The average Bonchev–Trinajstić information content (AvgIpc) is 2.60. The van der Waals surface area contributed by atoms with E-state index in [1.54, 1.807) is 11.8 Å². The Kier molecular flexibility index (Phi) is 3.14. The third kappa shape index (κ3) is 2.04. The van der Waals surface area contributed by atoms with Gasteiger partial charge in [-0.15, -0.1) is 0 Å². The fourth-order valence-electron chi connectivity index (χ4n) is 1.93. The molecule has 16 heavy (non-hydrogen) atoms. The summed E-state index contributed by atoms with van der Waals surface area (Å²) in [4.78, 5) is 17.0. The van der Waals surface area contributed by atoms with Crippen molar-refractivity contribution in [3.05, 3.63) is 23.8 Å². The number of halogens is 1. The second-order valence-corrected chi connectivity index (χ2v) is 4.42. The molecule has 3 nitrogen and oxygen atoms in total.